The Balaban J connectivity index is 1.71. The maximum Gasteiger partial charge on any atom is 0.181 e. The molecular formula is C18H19ClN2O2S. The minimum Gasteiger partial charge on any atom is -0.353 e. The van der Waals surface area contributed by atoms with Crippen molar-refractivity contribution in [3.63, 3.8) is 0 Å². The van der Waals surface area contributed by atoms with E-state index in [4.69, 9.17) is 11.6 Å². The molecule has 6 heteroatoms. The Hall–Kier alpha value is -1.82. The van der Waals surface area contributed by atoms with Gasteiger partial charge in [0, 0.05) is 37.4 Å². The van der Waals surface area contributed by atoms with E-state index < -0.39 is 9.84 Å². The van der Waals surface area contributed by atoms with Gasteiger partial charge in [0.15, 0.2) is 9.84 Å². The van der Waals surface area contributed by atoms with Crippen molar-refractivity contribution in [1.82, 2.24) is 9.88 Å². The monoisotopic (exact) mass is 362 g/mol. The topological polar surface area (TPSA) is 51.1 Å². The quantitative estimate of drug-likeness (QED) is 0.684. The van der Waals surface area contributed by atoms with Gasteiger partial charge in [0.2, 0.25) is 0 Å². The number of aryl methyl sites for hydroxylation is 1. The van der Waals surface area contributed by atoms with E-state index in [1.807, 2.05) is 54.2 Å². The summed E-state index contributed by atoms with van der Waals surface area (Å²) in [6, 6.07) is 14.9. The molecule has 0 aliphatic heterocycles. The predicted molar refractivity (Wildman–Crippen MR) is 98.1 cm³/mol. The predicted octanol–water partition coefficient (Wildman–Crippen LogP) is 3.40. The van der Waals surface area contributed by atoms with E-state index in [1.54, 1.807) is 12.1 Å². The number of sulfone groups is 1. The third kappa shape index (κ3) is 3.48. The van der Waals surface area contributed by atoms with Crippen molar-refractivity contribution in [3.8, 4) is 0 Å². The first-order valence-electron chi connectivity index (χ1n) is 7.70. The Morgan fingerprint density at radius 3 is 2.62 bits per heavy atom. The van der Waals surface area contributed by atoms with E-state index in [1.165, 1.54) is 0 Å². The van der Waals surface area contributed by atoms with Crippen molar-refractivity contribution in [2.75, 3.05) is 12.3 Å². The van der Waals surface area contributed by atoms with Crippen LogP contribution in [0.25, 0.3) is 10.8 Å². The number of fused-ring (bicyclic) bond motifs is 1. The summed E-state index contributed by atoms with van der Waals surface area (Å²) in [6.45, 7) is 1.00. The van der Waals surface area contributed by atoms with Crippen LogP contribution in [0.1, 0.15) is 5.69 Å². The zero-order chi connectivity index (χ0) is 17.2. The number of aromatic nitrogens is 1. The normalized spacial score (nSPS) is 11.9. The fraction of sp³-hybridized carbons (Fsp3) is 0.222. The lowest BCUT2D eigenvalue weighted by molar-refractivity contribution is 0.589. The van der Waals surface area contributed by atoms with Gasteiger partial charge in [-0.1, -0.05) is 41.9 Å². The van der Waals surface area contributed by atoms with Crippen molar-refractivity contribution >= 4 is 32.2 Å². The molecule has 0 saturated heterocycles. The molecule has 1 N–H and O–H groups in total. The average Bonchev–Trinajstić information content (AvgIpc) is 2.97. The molecule has 0 aliphatic carbocycles. The average molecular weight is 363 g/mol. The highest BCUT2D eigenvalue weighted by molar-refractivity contribution is 7.91. The number of nitrogens with zero attached hydrogens (tertiary/aromatic N) is 1. The number of rotatable bonds is 6. The van der Waals surface area contributed by atoms with E-state index >= 15 is 0 Å². The Morgan fingerprint density at radius 2 is 1.88 bits per heavy atom. The smallest absolute Gasteiger partial charge is 0.181 e. The highest BCUT2D eigenvalue weighted by Crippen LogP contribution is 2.30. The maximum absolute atomic E-state index is 12.6. The van der Waals surface area contributed by atoms with Crippen molar-refractivity contribution in [2.24, 2.45) is 7.05 Å². The summed E-state index contributed by atoms with van der Waals surface area (Å²) < 4.78 is 27.2. The van der Waals surface area contributed by atoms with Gasteiger partial charge >= 0.3 is 0 Å². The van der Waals surface area contributed by atoms with Gasteiger partial charge in [-0.25, -0.2) is 8.42 Å². The van der Waals surface area contributed by atoms with Crippen molar-refractivity contribution < 1.29 is 8.42 Å². The van der Waals surface area contributed by atoms with Crippen LogP contribution in [0.5, 0.6) is 0 Å². The Bertz CT molecular complexity index is 964. The van der Waals surface area contributed by atoms with Crippen molar-refractivity contribution in [3.05, 3.63) is 65.4 Å². The summed E-state index contributed by atoms with van der Waals surface area (Å²) in [5.41, 5.74) is 1.11. The summed E-state index contributed by atoms with van der Waals surface area (Å²) in [7, 11) is -1.47. The van der Waals surface area contributed by atoms with Gasteiger partial charge in [-0.3, -0.25) is 0 Å². The third-order valence-corrected chi connectivity index (χ3v) is 6.34. The SMILES string of the molecule is Cn1cccc1CNCCS(=O)(=O)c1ccc2ccccc2c1Cl. The molecule has 1 aromatic heterocycles. The van der Waals surface area contributed by atoms with E-state index in [0.29, 0.717) is 18.1 Å². The molecule has 2 aromatic carbocycles. The van der Waals surface area contributed by atoms with Crippen molar-refractivity contribution in [1.29, 1.82) is 0 Å². The number of hydrogen-bond acceptors (Lipinski definition) is 3. The minimum atomic E-state index is -3.43. The molecule has 0 radical (unpaired) electrons. The van der Waals surface area contributed by atoms with E-state index in [2.05, 4.69) is 5.32 Å². The number of nitrogens with one attached hydrogen (secondary N) is 1. The van der Waals surface area contributed by atoms with Gasteiger partial charge in [0.05, 0.1) is 15.7 Å². The number of halogens is 1. The molecular weight excluding hydrogens is 344 g/mol. The zero-order valence-electron chi connectivity index (χ0n) is 13.4. The molecule has 0 bridgehead atoms. The first-order chi connectivity index (χ1) is 11.5. The van der Waals surface area contributed by atoms with Crippen LogP contribution in [0.2, 0.25) is 5.02 Å². The second-order valence-electron chi connectivity index (χ2n) is 5.70. The minimum absolute atomic E-state index is 0.00941. The Kier molecular flexibility index (Phi) is 4.94. The van der Waals surface area contributed by atoms with E-state index in [-0.39, 0.29) is 10.6 Å². The Morgan fingerprint density at radius 1 is 1.08 bits per heavy atom. The third-order valence-electron chi connectivity index (χ3n) is 4.07. The zero-order valence-corrected chi connectivity index (χ0v) is 14.9. The number of hydrogen-bond donors (Lipinski definition) is 1. The molecule has 0 unspecified atom stereocenters. The maximum atomic E-state index is 12.6. The first-order valence-corrected chi connectivity index (χ1v) is 9.73. The molecule has 0 amide bonds. The van der Waals surface area contributed by atoms with Gasteiger partial charge in [0.1, 0.15) is 0 Å². The van der Waals surface area contributed by atoms with Crippen LogP contribution >= 0.6 is 11.6 Å². The summed E-state index contributed by atoms with van der Waals surface area (Å²) >= 11 is 6.34. The second kappa shape index (κ2) is 6.97. The lowest BCUT2D eigenvalue weighted by Crippen LogP contribution is -2.23. The van der Waals surface area contributed by atoms with Gasteiger partial charge in [0.25, 0.3) is 0 Å². The van der Waals surface area contributed by atoms with Crippen LogP contribution in [0.15, 0.2) is 59.6 Å². The van der Waals surface area contributed by atoms with Gasteiger partial charge < -0.3 is 9.88 Å². The van der Waals surface area contributed by atoms with E-state index in [0.717, 1.165) is 16.5 Å². The molecule has 0 saturated carbocycles. The van der Waals surface area contributed by atoms with Gasteiger partial charge in [-0.2, -0.15) is 0 Å². The highest BCUT2D eigenvalue weighted by Gasteiger charge is 2.19. The molecule has 3 aromatic rings. The molecule has 0 fully saturated rings. The second-order valence-corrected chi connectivity index (χ2v) is 8.16. The van der Waals surface area contributed by atoms with Crippen molar-refractivity contribution in [2.45, 2.75) is 11.4 Å². The first kappa shape index (κ1) is 17.0. The Labute approximate surface area is 147 Å². The van der Waals surface area contributed by atoms with Crippen LogP contribution in [0.4, 0.5) is 0 Å². The largest absolute Gasteiger partial charge is 0.353 e. The van der Waals surface area contributed by atoms with Crippen LogP contribution in [-0.2, 0) is 23.4 Å². The molecule has 0 aliphatic rings. The standard InChI is InChI=1S/C18H19ClN2O2S/c1-21-11-4-6-15(21)13-20-10-12-24(22,23)17-9-8-14-5-2-3-7-16(14)18(17)19/h2-9,11,20H,10,12-13H2,1H3. The fourth-order valence-electron chi connectivity index (χ4n) is 2.67. The molecule has 4 nitrogen and oxygen atoms in total. The summed E-state index contributed by atoms with van der Waals surface area (Å²) in [5.74, 6) is 0.00941. The summed E-state index contributed by atoms with van der Waals surface area (Å²) in [5, 5.41) is 5.16. The summed E-state index contributed by atoms with van der Waals surface area (Å²) in [4.78, 5) is 0.198. The lowest BCUT2D eigenvalue weighted by atomic mass is 10.1. The van der Waals surface area contributed by atoms with Crippen LogP contribution in [0, 0.1) is 0 Å². The molecule has 0 spiro atoms. The molecule has 1 heterocycles. The van der Waals surface area contributed by atoms with Crippen LogP contribution < -0.4 is 5.32 Å². The molecule has 24 heavy (non-hydrogen) atoms. The van der Waals surface area contributed by atoms with Crippen LogP contribution in [0.3, 0.4) is 0 Å². The van der Waals surface area contributed by atoms with Crippen LogP contribution in [-0.4, -0.2) is 25.3 Å². The summed E-state index contributed by atoms with van der Waals surface area (Å²) in [6.07, 6.45) is 1.96. The number of benzene rings is 2. The molecule has 3 rings (SSSR count). The molecule has 126 valence electrons. The molecule has 0 atom stereocenters. The highest BCUT2D eigenvalue weighted by atomic mass is 35.5. The van der Waals surface area contributed by atoms with Gasteiger partial charge in [-0.15, -0.1) is 0 Å². The fourth-order valence-corrected chi connectivity index (χ4v) is 4.55. The van der Waals surface area contributed by atoms with E-state index in [9.17, 15) is 8.42 Å². The lowest BCUT2D eigenvalue weighted by Gasteiger charge is -2.10. The van der Waals surface area contributed by atoms with Gasteiger partial charge in [-0.05, 0) is 23.6 Å².